The third-order valence-electron chi connectivity index (χ3n) is 3.41. The zero-order chi connectivity index (χ0) is 21.1. The summed E-state index contributed by atoms with van der Waals surface area (Å²) in [5, 5.41) is 35.0. The molecule has 1 fully saturated rings. The lowest BCUT2D eigenvalue weighted by atomic mass is 10.1. The molecule has 11 heteroatoms. The molecule has 2 aromatic rings. The molecule has 1 aliphatic heterocycles. The molecule has 11 nitrogen and oxygen atoms in total. The third kappa shape index (κ3) is 7.34. The second-order valence-electron chi connectivity index (χ2n) is 5.44. The Kier molecular flexibility index (Phi) is 9.64. The van der Waals surface area contributed by atoms with E-state index in [1.807, 2.05) is 0 Å². The second kappa shape index (κ2) is 11.7. The number of pyridine rings is 2. The van der Waals surface area contributed by atoms with Gasteiger partial charge in [-0.05, 0) is 24.3 Å². The fraction of sp³-hybridized carbons (Fsp3) is 0.294. The van der Waals surface area contributed by atoms with E-state index in [1.54, 1.807) is 36.7 Å². The molecule has 1 saturated heterocycles. The van der Waals surface area contributed by atoms with Crippen LogP contribution in [0, 0.1) is 0 Å². The highest BCUT2D eigenvalue weighted by atomic mass is 16.6. The van der Waals surface area contributed by atoms with E-state index in [0.717, 1.165) is 0 Å². The quantitative estimate of drug-likeness (QED) is 0.333. The standard InChI is InChI=1S/2C6H6N2O.C5H10O5/c2*7-6(9)5-2-1-3-8-4-5;6-1-2-3(7)4(8)5(9)10-2/h2*1-4H,(H2,7,9);2-9H,1H2/t;;2-,3-,4-,5?/m..1/s1. The number of nitrogens with zero attached hydrogens (tertiary/aromatic N) is 2. The summed E-state index contributed by atoms with van der Waals surface area (Å²) < 4.78 is 4.54. The average Bonchev–Trinajstić information content (AvgIpc) is 2.97. The summed E-state index contributed by atoms with van der Waals surface area (Å²) >= 11 is 0. The Morgan fingerprint density at radius 1 is 0.929 bits per heavy atom. The summed E-state index contributed by atoms with van der Waals surface area (Å²) in [4.78, 5) is 28.2. The van der Waals surface area contributed by atoms with Crippen molar-refractivity contribution in [1.29, 1.82) is 0 Å². The highest BCUT2D eigenvalue weighted by Crippen LogP contribution is 2.18. The Bertz CT molecular complexity index is 683. The lowest BCUT2D eigenvalue weighted by Gasteiger charge is -2.09. The highest BCUT2D eigenvalue weighted by molar-refractivity contribution is 5.92. The van der Waals surface area contributed by atoms with Crippen LogP contribution >= 0.6 is 0 Å². The number of aromatic nitrogens is 2. The molecule has 1 aliphatic rings. The molecule has 0 bridgehead atoms. The lowest BCUT2D eigenvalue weighted by Crippen LogP contribution is -2.33. The number of ether oxygens (including phenoxy) is 1. The van der Waals surface area contributed by atoms with Crippen molar-refractivity contribution in [3.63, 3.8) is 0 Å². The molecule has 2 amide bonds. The van der Waals surface area contributed by atoms with Crippen LogP contribution in [0.15, 0.2) is 49.1 Å². The Hall–Kier alpha value is -2.96. The molecule has 0 aromatic carbocycles. The Labute approximate surface area is 160 Å². The van der Waals surface area contributed by atoms with E-state index in [1.165, 1.54) is 12.4 Å². The van der Waals surface area contributed by atoms with E-state index in [9.17, 15) is 9.59 Å². The number of hydrogen-bond acceptors (Lipinski definition) is 9. The van der Waals surface area contributed by atoms with Crippen LogP contribution in [0.1, 0.15) is 20.7 Å². The smallest absolute Gasteiger partial charge is 0.250 e. The number of rotatable bonds is 3. The van der Waals surface area contributed by atoms with Crippen LogP contribution in [-0.4, -0.2) is 73.4 Å². The molecule has 152 valence electrons. The van der Waals surface area contributed by atoms with E-state index in [4.69, 9.17) is 31.9 Å². The Morgan fingerprint density at radius 2 is 1.39 bits per heavy atom. The number of nitrogens with two attached hydrogens (primary N) is 2. The maximum Gasteiger partial charge on any atom is 0.250 e. The normalized spacial score (nSPS) is 22.9. The summed E-state index contributed by atoms with van der Waals surface area (Å²) in [6.07, 6.45) is 1.29. The third-order valence-corrected chi connectivity index (χ3v) is 3.41. The molecule has 0 aliphatic carbocycles. The van der Waals surface area contributed by atoms with Crippen LogP contribution in [0.5, 0.6) is 0 Å². The van der Waals surface area contributed by atoms with E-state index in [2.05, 4.69) is 14.7 Å². The monoisotopic (exact) mass is 394 g/mol. The van der Waals surface area contributed by atoms with E-state index in [-0.39, 0.29) is 0 Å². The zero-order valence-corrected chi connectivity index (χ0v) is 14.7. The van der Waals surface area contributed by atoms with Gasteiger partial charge in [0.05, 0.1) is 17.7 Å². The number of hydrogen-bond donors (Lipinski definition) is 6. The van der Waals surface area contributed by atoms with Crippen LogP contribution in [0.25, 0.3) is 0 Å². The largest absolute Gasteiger partial charge is 0.394 e. The molecular formula is C17H22N4O7. The highest BCUT2D eigenvalue weighted by Gasteiger charge is 2.41. The van der Waals surface area contributed by atoms with Crippen molar-refractivity contribution < 1.29 is 34.8 Å². The summed E-state index contributed by atoms with van der Waals surface area (Å²) in [7, 11) is 0. The molecule has 0 radical (unpaired) electrons. The first-order valence-electron chi connectivity index (χ1n) is 7.98. The van der Waals surface area contributed by atoms with Crippen LogP contribution in [0.2, 0.25) is 0 Å². The maximum atomic E-state index is 10.4. The van der Waals surface area contributed by atoms with Gasteiger partial charge in [0, 0.05) is 24.8 Å². The van der Waals surface area contributed by atoms with Crippen molar-refractivity contribution in [2.24, 2.45) is 11.5 Å². The first-order chi connectivity index (χ1) is 13.3. The van der Waals surface area contributed by atoms with Crippen molar-refractivity contribution in [1.82, 2.24) is 9.97 Å². The number of aliphatic hydroxyl groups is 4. The fourth-order valence-electron chi connectivity index (χ4n) is 1.90. The van der Waals surface area contributed by atoms with E-state index in [0.29, 0.717) is 11.1 Å². The molecule has 28 heavy (non-hydrogen) atoms. The number of amides is 2. The number of carbonyl (C=O) groups excluding carboxylic acids is 2. The van der Waals surface area contributed by atoms with Gasteiger partial charge >= 0.3 is 0 Å². The summed E-state index contributed by atoms with van der Waals surface area (Å²) in [5.41, 5.74) is 10.8. The van der Waals surface area contributed by atoms with Gasteiger partial charge in [-0.1, -0.05) is 0 Å². The summed E-state index contributed by atoms with van der Waals surface area (Å²) in [6, 6.07) is 6.57. The summed E-state index contributed by atoms with van der Waals surface area (Å²) in [6.45, 7) is -0.407. The van der Waals surface area contributed by atoms with E-state index >= 15 is 0 Å². The van der Waals surface area contributed by atoms with Crippen molar-refractivity contribution in [3.8, 4) is 0 Å². The van der Waals surface area contributed by atoms with Crippen LogP contribution in [-0.2, 0) is 4.74 Å². The van der Waals surface area contributed by atoms with Gasteiger partial charge in [0.25, 0.3) is 0 Å². The number of aliphatic hydroxyl groups excluding tert-OH is 4. The minimum Gasteiger partial charge on any atom is -0.394 e. The molecule has 0 spiro atoms. The van der Waals surface area contributed by atoms with Crippen LogP contribution < -0.4 is 11.5 Å². The first kappa shape index (κ1) is 23.1. The van der Waals surface area contributed by atoms with Crippen molar-refractivity contribution in [3.05, 3.63) is 60.2 Å². The predicted molar refractivity (Wildman–Crippen MR) is 95.5 cm³/mol. The van der Waals surface area contributed by atoms with Gasteiger partial charge in [-0.25, -0.2) is 0 Å². The minimum absolute atomic E-state index is 0.407. The summed E-state index contributed by atoms with van der Waals surface area (Å²) in [5.74, 6) is -0.883. The van der Waals surface area contributed by atoms with Crippen molar-refractivity contribution in [2.45, 2.75) is 24.6 Å². The molecule has 2 aromatic heterocycles. The predicted octanol–water partition coefficient (Wildman–Crippen LogP) is -2.22. The minimum atomic E-state index is -1.38. The van der Waals surface area contributed by atoms with Crippen molar-refractivity contribution in [2.75, 3.05) is 6.61 Å². The molecular weight excluding hydrogens is 372 g/mol. The second-order valence-corrected chi connectivity index (χ2v) is 5.44. The van der Waals surface area contributed by atoms with Gasteiger partial charge in [0.1, 0.15) is 18.3 Å². The molecule has 1 unspecified atom stereocenters. The van der Waals surface area contributed by atoms with Crippen LogP contribution in [0.3, 0.4) is 0 Å². The van der Waals surface area contributed by atoms with Gasteiger partial charge < -0.3 is 36.6 Å². The van der Waals surface area contributed by atoms with Gasteiger partial charge in [-0.2, -0.15) is 0 Å². The molecule has 4 atom stereocenters. The van der Waals surface area contributed by atoms with Gasteiger partial charge in [-0.15, -0.1) is 0 Å². The number of carbonyl (C=O) groups is 2. The Balaban J connectivity index is 0.000000210. The molecule has 3 rings (SSSR count). The molecule has 8 N–H and O–H groups in total. The SMILES string of the molecule is NC(=O)c1cccnc1.NC(=O)c1cccnc1.OC[C@H]1OC(O)[C@H](O)[C@@H]1O. The molecule has 3 heterocycles. The maximum absolute atomic E-state index is 10.4. The molecule has 0 saturated carbocycles. The van der Waals surface area contributed by atoms with Gasteiger partial charge in [0.2, 0.25) is 11.8 Å². The van der Waals surface area contributed by atoms with Gasteiger partial charge in [-0.3, -0.25) is 19.6 Å². The fourth-order valence-corrected chi connectivity index (χ4v) is 1.90. The Morgan fingerprint density at radius 3 is 1.57 bits per heavy atom. The lowest BCUT2D eigenvalue weighted by molar-refractivity contribution is -0.132. The van der Waals surface area contributed by atoms with E-state index < -0.39 is 43.0 Å². The van der Waals surface area contributed by atoms with Crippen LogP contribution in [0.4, 0.5) is 0 Å². The topological polar surface area (TPSA) is 202 Å². The van der Waals surface area contributed by atoms with Gasteiger partial charge in [0.15, 0.2) is 6.29 Å². The first-order valence-corrected chi connectivity index (χ1v) is 7.98. The average molecular weight is 394 g/mol. The number of primary amides is 2. The van der Waals surface area contributed by atoms with Crippen molar-refractivity contribution >= 4 is 11.8 Å². The zero-order valence-electron chi connectivity index (χ0n) is 14.7.